The summed E-state index contributed by atoms with van der Waals surface area (Å²) in [7, 11) is 0. The molecule has 3 aromatic heterocycles. The van der Waals surface area contributed by atoms with E-state index in [-0.39, 0.29) is 0 Å². The van der Waals surface area contributed by atoms with E-state index in [4.69, 9.17) is 13.8 Å². The van der Waals surface area contributed by atoms with E-state index < -0.39 is 0 Å². The number of fused-ring (bicyclic) bond motifs is 8. The number of benzene rings is 8. The van der Waals surface area contributed by atoms with Crippen molar-refractivity contribution in [2.75, 3.05) is 4.90 Å². The second-order valence-corrected chi connectivity index (χ2v) is 14.6. The highest BCUT2D eigenvalue weighted by atomic mass is 32.1. The molecule has 11 aromatic rings. The van der Waals surface area contributed by atoms with Crippen LogP contribution >= 0.6 is 11.3 Å². The van der Waals surface area contributed by atoms with Crippen molar-refractivity contribution in [1.29, 1.82) is 0 Å². The molecule has 0 aliphatic heterocycles. The van der Waals surface area contributed by atoms with Gasteiger partial charge in [-0.25, -0.2) is 4.98 Å². The molecule has 11 rings (SSSR count). The second kappa shape index (κ2) is 12.3. The minimum atomic E-state index is 0.593. The van der Waals surface area contributed by atoms with E-state index in [0.29, 0.717) is 5.89 Å². The lowest BCUT2D eigenvalue weighted by atomic mass is 9.97. The van der Waals surface area contributed by atoms with E-state index >= 15 is 0 Å². The van der Waals surface area contributed by atoms with Gasteiger partial charge in [-0.05, 0) is 83.4 Å². The summed E-state index contributed by atoms with van der Waals surface area (Å²) < 4.78 is 15.6. The number of furan rings is 1. The van der Waals surface area contributed by atoms with Gasteiger partial charge in [0.15, 0.2) is 5.58 Å². The zero-order chi connectivity index (χ0) is 35.6. The summed E-state index contributed by atoms with van der Waals surface area (Å²) in [5.41, 5.74) is 11.7. The van der Waals surface area contributed by atoms with Crippen molar-refractivity contribution in [2.45, 2.75) is 0 Å². The monoisotopic (exact) mass is 710 g/mol. The number of rotatable bonds is 6. The van der Waals surface area contributed by atoms with Gasteiger partial charge >= 0.3 is 0 Å². The summed E-state index contributed by atoms with van der Waals surface area (Å²) in [4.78, 5) is 7.27. The maximum Gasteiger partial charge on any atom is 0.227 e. The summed E-state index contributed by atoms with van der Waals surface area (Å²) in [5.74, 6) is 0.593. The van der Waals surface area contributed by atoms with Crippen molar-refractivity contribution >= 4 is 81.6 Å². The third kappa shape index (κ3) is 4.94. The van der Waals surface area contributed by atoms with E-state index in [1.165, 1.54) is 20.2 Å². The Labute approximate surface area is 314 Å². The van der Waals surface area contributed by atoms with E-state index in [1.54, 1.807) is 0 Å². The van der Waals surface area contributed by atoms with E-state index in [9.17, 15) is 0 Å². The minimum Gasteiger partial charge on any atom is -0.456 e. The molecule has 0 spiro atoms. The van der Waals surface area contributed by atoms with Crippen molar-refractivity contribution in [3.05, 3.63) is 182 Å². The Morgan fingerprint density at radius 1 is 0.444 bits per heavy atom. The predicted molar refractivity (Wildman–Crippen MR) is 225 cm³/mol. The molecule has 0 atom stereocenters. The molecule has 3 heterocycles. The van der Waals surface area contributed by atoms with Gasteiger partial charge in [0, 0.05) is 48.1 Å². The zero-order valence-corrected chi connectivity index (χ0v) is 29.8. The Bertz CT molecular complexity index is 3180. The summed E-state index contributed by atoms with van der Waals surface area (Å²) in [6, 6.07) is 64.0. The molecule has 254 valence electrons. The van der Waals surface area contributed by atoms with Crippen LogP contribution in [-0.4, -0.2) is 4.98 Å². The molecule has 0 saturated heterocycles. The number of para-hydroxylation sites is 1. The average molecular weight is 711 g/mol. The van der Waals surface area contributed by atoms with Gasteiger partial charge in [0.25, 0.3) is 0 Å². The van der Waals surface area contributed by atoms with Gasteiger partial charge in [-0.1, -0.05) is 115 Å². The average Bonchev–Trinajstić information content (AvgIpc) is 3.95. The maximum absolute atomic E-state index is 6.54. The first-order valence-electron chi connectivity index (χ1n) is 18.0. The van der Waals surface area contributed by atoms with E-state index in [1.807, 2.05) is 59.9 Å². The van der Waals surface area contributed by atoms with Crippen LogP contribution in [0.4, 0.5) is 17.1 Å². The number of hydrogen-bond donors (Lipinski definition) is 0. The van der Waals surface area contributed by atoms with Gasteiger partial charge in [0.2, 0.25) is 5.89 Å². The molecule has 0 radical (unpaired) electrons. The Balaban J connectivity index is 1.13. The smallest absolute Gasteiger partial charge is 0.227 e. The molecule has 0 saturated carbocycles. The van der Waals surface area contributed by atoms with Crippen LogP contribution in [0.1, 0.15) is 0 Å². The molecule has 8 aromatic carbocycles. The van der Waals surface area contributed by atoms with Gasteiger partial charge in [0.05, 0.1) is 11.1 Å². The highest BCUT2D eigenvalue weighted by Crippen LogP contribution is 2.46. The van der Waals surface area contributed by atoms with Crippen LogP contribution in [-0.2, 0) is 0 Å². The molecule has 0 aliphatic rings. The quantitative estimate of drug-likeness (QED) is 0.172. The number of anilines is 3. The van der Waals surface area contributed by atoms with Crippen LogP contribution in [0.15, 0.2) is 191 Å². The van der Waals surface area contributed by atoms with Crippen molar-refractivity contribution in [2.24, 2.45) is 0 Å². The zero-order valence-electron chi connectivity index (χ0n) is 28.9. The van der Waals surface area contributed by atoms with Crippen LogP contribution in [0.5, 0.6) is 0 Å². The summed E-state index contributed by atoms with van der Waals surface area (Å²) >= 11 is 1.84. The number of nitrogens with zero attached hydrogens (tertiary/aromatic N) is 2. The topological polar surface area (TPSA) is 42.4 Å². The Kier molecular flexibility index (Phi) is 7.00. The largest absolute Gasteiger partial charge is 0.456 e. The molecule has 4 nitrogen and oxygen atoms in total. The summed E-state index contributed by atoms with van der Waals surface area (Å²) in [6.07, 6.45) is 0. The van der Waals surface area contributed by atoms with Crippen molar-refractivity contribution < 1.29 is 8.83 Å². The van der Waals surface area contributed by atoms with Crippen molar-refractivity contribution in [3.63, 3.8) is 0 Å². The summed E-state index contributed by atoms with van der Waals surface area (Å²) in [6.45, 7) is 0. The third-order valence-electron chi connectivity index (χ3n) is 10.3. The second-order valence-electron chi connectivity index (χ2n) is 13.5. The molecule has 0 amide bonds. The Hall–Kier alpha value is -6.95. The highest BCUT2D eigenvalue weighted by molar-refractivity contribution is 7.25. The molecule has 0 aliphatic carbocycles. The Morgan fingerprint density at radius 2 is 1.13 bits per heavy atom. The van der Waals surface area contributed by atoms with Gasteiger partial charge in [-0.3, -0.25) is 0 Å². The first-order valence-corrected chi connectivity index (χ1v) is 18.8. The molecule has 5 heteroatoms. The SMILES string of the molecule is c1ccc(-c2nc3ccc4oc5cccc(-c6cccc(N(c7ccc8c(c7)sc7ccccc78)c7ccccc7-c7ccccc7)c6)c5c4c3o2)cc1. The van der Waals surface area contributed by atoms with Crippen LogP contribution in [0.2, 0.25) is 0 Å². The first-order chi connectivity index (χ1) is 26.8. The fraction of sp³-hybridized carbons (Fsp3) is 0. The van der Waals surface area contributed by atoms with Crippen molar-refractivity contribution in [1.82, 2.24) is 4.98 Å². The molecular weight excluding hydrogens is 681 g/mol. The predicted octanol–water partition coefficient (Wildman–Crippen LogP) is 14.6. The first kappa shape index (κ1) is 30.7. The fourth-order valence-electron chi connectivity index (χ4n) is 7.86. The minimum absolute atomic E-state index is 0.593. The molecule has 0 unspecified atom stereocenters. The maximum atomic E-state index is 6.54. The van der Waals surface area contributed by atoms with Gasteiger partial charge in [0.1, 0.15) is 16.7 Å². The normalized spacial score (nSPS) is 11.7. The Morgan fingerprint density at radius 3 is 2.02 bits per heavy atom. The van der Waals surface area contributed by atoms with Crippen LogP contribution < -0.4 is 4.90 Å². The summed E-state index contributed by atoms with van der Waals surface area (Å²) in [5, 5.41) is 4.50. The lowest BCUT2D eigenvalue weighted by molar-refractivity contribution is 0.622. The number of aromatic nitrogens is 1. The van der Waals surface area contributed by atoms with Gasteiger partial charge in [-0.2, -0.15) is 0 Å². The third-order valence-corrected chi connectivity index (χ3v) is 11.4. The van der Waals surface area contributed by atoms with Crippen molar-refractivity contribution in [3.8, 4) is 33.7 Å². The number of oxazole rings is 1. The van der Waals surface area contributed by atoms with Crippen LogP contribution in [0, 0.1) is 0 Å². The lowest BCUT2D eigenvalue weighted by Gasteiger charge is -2.28. The lowest BCUT2D eigenvalue weighted by Crippen LogP contribution is -2.11. The molecular formula is C49H30N2O2S. The highest BCUT2D eigenvalue weighted by Gasteiger charge is 2.22. The molecule has 0 fully saturated rings. The van der Waals surface area contributed by atoms with Crippen LogP contribution in [0.25, 0.3) is 86.9 Å². The van der Waals surface area contributed by atoms with Crippen LogP contribution in [0.3, 0.4) is 0 Å². The van der Waals surface area contributed by atoms with E-state index in [0.717, 1.165) is 77.9 Å². The fourth-order valence-corrected chi connectivity index (χ4v) is 9.00. The van der Waals surface area contributed by atoms with Gasteiger partial charge < -0.3 is 13.7 Å². The number of hydrogen-bond acceptors (Lipinski definition) is 5. The molecule has 0 N–H and O–H groups in total. The van der Waals surface area contributed by atoms with E-state index in [2.05, 4.69) is 138 Å². The molecule has 0 bridgehead atoms. The standard InChI is InChI=1S/C49H30N2O2S/c1-3-13-31(14-4-1)36-19-7-9-22-41(36)51(35-25-26-39-38-20-8-10-24-44(38)54-45(39)30-35)34-18-11-17-33(29-34)37-21-12-23-42-46(37)47-43(52-42)28-27-40-48(47)53-49(50-40)32-15-5-2-6-16-32/h1-30H. The van der Waals surface area contributed by atoms with Gasteiger partial charge in [-0.15, -0.1) is 11.3 Å². The molecule has 54 heavy (non-hydrogen) atoms. The number of thiophene rings is 1.